The fourth-order valence-electron chi connectivity index (χ4n) is 1.86. The Hall–Kier alpha value is -1.79. The van der Waals surface area contributed by atoms with Crippen LogP contribution in [0.4, 0.5) is 23.2 Å². The van der Waals surface area contributed by atoms with Gasteiger partial charge in [0.05, 0.1) is 6.54 Å². The molecule has 1 aliphatic rings. The number of hydrogen-bond donors (Lipinski definition) is 2. The molecule has 1 aromatic rings. The Bertz CT molecular complexity index is 454. The van der Waals surface area contributed by atoms with Crippen LogP contribution in [-0.4, -0.2) is 30.8 Å². The van der Waals surface area contributed by atoms with E-state index in [4.69, 9.17) is 0 Å². The quantitative estimate of drug-likeness (QED) is 0.826. The van der Waals surface area contributed by atoms with E-state index in [-0.39, 0.29) is 0 Å². The fourth-order valence-corrected chi connectivity index (χ4v) is 1.86. The monoisotopic (exact) mass is 276 g/mol. The summed E-state index contributed by atoms with van der Waals surface area (Å²) >= 11 is 0. The summed E-state index contributed by atoms with van der Waals surface area (Å²) in [5, 5.41) is 4.70. The highest BCUT2D eigenvalue weighted by Gasteiger charge is 2.41. The summed E-state index contributed by atoms with van der Waals surface area (Å²) in [7, 11) is 0. The number of anilines is 1. The van der Waals surface area contributed by atoms with Gasteiger partial charge in [0, 0.05) is 12.1 Å². The van der Waals surface area contributed by atoms with Crippen molar-refractivity contribution in [2.24, 2.45) is 0 Å². The lowest BCUT2D eigenvalue weighted by Crippen LogP contribution is -2.46. The molecule has 0 saturated heterocycles. The minimum absolute atomic E-state index is 0.349. The third-order valence-corrected chi connectivity index (χ3v) is 2.91. The van der Waals surface area contributed by atoms with E-state index in [1.807, 2.05) is 11.4 Å². The Morgan fingerprint density at radius 1 is 1.42 bits per heavy atom. The zero-order valence-electron chi connectivity index (χ0n) is 9.80. The van der Waals surface area contributed by atoms with Gasteiger partial charge in [-0.2, -0.15) is 8.78 Å². The Balaban J connectivity index is 1.90. The second-order valence-corrected chi connectivity index (χ2v) is 4.34. The maximum atomic E-state index is 12.7. The maximum absolute atomic E-state index is 12.7. The molecule has 1 aliphatic heterocycles. The van der Waals surface area contributed by atoms with E-state index in [1.165, 1.54) is 0 Å². The van der Waals surface area contributed by atoms with Gasteiger partial charge in [0.1, 0.15) is 6.04 Å². The van der Waals surface area contributed by atoms with Gasteiger partial charge in [-0.3, -0.25) is 4.79 Å². The van der Waals surface area contributed by atoms with Crippen LogP contribution in [0.2, 0.25) is 0 Å². The minimum atomic E-state index is -4.21. The molecule has 0 fully saturated rings. The van der Waals surface area contributed by atoms with Crippen LogP contribution in [0.15, 0.2) is 24.3 Å². The first-order valence-electron chi connectivity index (χ1n) is 5.68. The van der Waals surface area contributed by atoms with Crippen molar-refractivity contribution in [1.29, 1.82) is 0 Å². The number of fused-ring (bicyclic) bond motifs is 1. The second-order valence-electron chi connectivity index (χ2n) is 4.34. The molecule has 104 valence electrons. The Kier molecular flexibility index (Phi) is 3.64. The smallest absolute Gasteiger partial charge is 0.324 e. The van der Waals surface area contributed by atoms with Crippen LogP contribution in [0.3, 0.4) is 0 Å². The summed E-state index contributed by atoms with van der Waals surface area (Å²) in [6.07, 6.45) is -3.44. The van der Waals surface area contributed by atoms with Gasteiger partial charge in [-0.1, -0.05) is 18.2 Å². The summed E-state index contributed by atoms with van der Waals surface area (Å²) in [5.41, 5.74) is 1.64. The fraction of sp³-hybridized carbons (Fsp3) is 0.417. The molecule has 19 heavy (non-hydrogen) atoms. The van der Waals surface area contributed by atoms with Gasteiger partial charge in [0.15, 0.2) is 0 Å². The largest absolute Gasteiger partial charge is 0.373 e. The number of benzene rings is 1. The van der Waals surface area contributed by atoms with Gasteiger partial charge >= 0.3 is 12.3 Å². The van der Waals surface area contributed by atoms with Gasteiger partial charge in [0.2, 0.25) is 5.91 Å². The zero-order valence-corrected chi connectivity index (χ0v) is 9.80. The summed E-state index contributed by atoms with van der Waals surface area (Å²) in [6.45, 7) is -1.36. The van der Waals surface area contributed by atoms with Crippen LogP contribution >= 0.6 is 0 Å². The average molecular weight is 276 g/mol. The summed E-state index contributed by atoms with van der Waals surface area (Å²) < 4.78 is 49.2. The van der Waals surface area contributed by atoms with Crippen molar-refractivity contribution in [3.63, 3.8) is 0 Å². The Labute approximate surface area is 107 Å². The number of carbonyl (C=O) groups excluding carboxylic acids is 1. The highest BCUT2D eigenvalue weighted by atomic mass is 19.3. The third-order valence-electron chi connectivity index (χ3n) is 2.91. The van der Waals surface area contributed by atoms with Gasteiger partial charge < -0.3 is 10.6 Å². The van der Waals surface area contributed by atoms with Crippen molar-refractivity contribution in [3.8, 4) is 0 Å². The molecular formula is C12H12F4N2O. The molecule has 0 aromatic heterocycles. The molecule has 1 aromatic carbocycles. The van der Waals surface area contributed by atoms with Crippen molar-refractivity contribution in [2.75, 3.05) is 11.9 Å². The molecular weight excluding hydrogens is 264 g/mol. The number of carbonyl (C=O) groups is 1. The minimum Gasteiger partial charge on any atom is -0.373 e. The number of alkyl halides is 4. The van der Waals surface area contributed by atoms with Crippen molar-refractivity contribution in [3.05, 3.63) is 29.8 Å². The molecule has 3 nitrogen and oxygen atoms in total. The van der Waals surface area contributed by atoms with Crippen LogP contribution in [0, 0.1) is 0 Å². The van der Waals surface area contributed by atoms with Gasteiger partial charge in [-0.15, -0.1) is 0 Å². The molecule has 0 radical (unpaired) electrons. The molecule has 2 rings (SSSR count). The standard InChI is InChI=1S/C12H12F4N2O/c13-11(14)12(15,16)6-17-10(19)9-5-7-3-1-2-4-8(7)18-9/h1-4,9,11,18H,5-6H2,(H,17,19)/t9-/m0/s1. The first-order chi connectivity index (χ1) is 8.90. The van der Waals surface area contributed by atoms with E-state index >= 15 is 0 Å². The normalized spacial score (nSPS) is 18.1. The molecule has 1 heterocycles. The number of para-hydroxylation sites is 1. The zero-order chi connectivity index (χ0) is 14.0. The number of amides is 1. The van der Waals surface area contributed by atoms with Gasteiger partial charge in [0.25, 0.3) is 0 Å². The maximum Gasteiger partial charge on any atom is 0.324 e. The Morgan fingerprint density at radius 2 is 2.11 bits per heavy atom. The van der Waals surface area contributed by atoms with Crippen LogP contribution in [0.1, 0.15) is 5.56 Å². The van der Waals surface area contributed by atoms with Crippen LogP contribution in [0.25, 0.3) is 0 Å². The van der Waals surface area contributed by atoms with Crippen LogP contribution in [-0.2, 0) is 11.2 Å². The molecule has 0 aliphatic carbocycles. The Morgan fingerprint density at radius 3 is 2.74 bits per heavy atom. The first-order valence-corrected chi connectivity index (χ1v) is 5.68. The topological polar surface area (TPSA) is 41.1 Å². The summed E-state index contributed by atoms with van der Waals surface area (Å²) in [5.74, 6) is -4.92. The van der Waals surface area contributed by atoms with Crippen LogP contribution in [0.5, 0.6) is 0 Å². The van der Waals surface area contributed by atoms with E-state index in [0.717, 1.165) is 11.3 Å². The lowest BCUT2D eigenvalue weighted by atomic mass is 10.1. The second kappa shape index (κ2) is 5.07. The third kappa shape index (κ3) is 2.97. The van der Waals surface area contributed by atoms with Crippen molar-refractivity contribution in [2.45, 2.75) is 24.8 Å². The van der Waals surface area contributed by atoms with E-state index < -0.39 is 30.8 Å². The highest BCUT2D eigenvalue weighted by Crippen LogP contribution is 2.25. The lowest BCUT2D eigenvalue weighted by Gasteiger charge is -2.17. The molecule has 0 saturated carbocycles. The molecule has 7 heteroatoms. The molecule has 0 bridgehead atoms. The number of halogens is 4. The molecule has 0 unspecified atom stereocenters. The first kappa shape index (κ1) is 13.6. The van der Waals surface area contributed by atoms with Crippen LogP contribution < -0.4 is 10.6 Å². The van der Waals surface area contributed by atoms with E-state index in [9.17, 15) is 22.4 Å². The molecule has 0 spiro atoms. The van der Waals surface area contributed by atoms with E-state index in [1.54, 1.807) is 18.2 Å². The van der Waals surface area contributed by atoms with Crippen molar-refractivity contribution < 1.29 is 22.4 Å². The van der Waals surface area contributed by atoms with Gasteiger partial charge in [-0.05, 0) is 11.6 Å². The summed E-state index contributed by atoms with van der Waals surface area (Å²) in [4.78, 5) is 11.6. The molecule has 1 amide bonds. The predicted octanol–water partition coefficient (Wildman–Crippen LogP) is 2.04. The SMILES string of the molecule is O=C(NCC(F)(F)C(F)F)[C@@H]1Cc2ccccc2N1. The predicted molar refractivity (Wildman–Crippen MR) is 61.5 cm³/mol. The average Bonchev–Trinajstić information content (AvgIpc) is 2.79. The van der Waals surface area contributed by atoms with E-state index in [0.29, 0.717) is 6.42 Å². The molecule has 1 atom stereocenters. The number of hydrogen-bond acceptors (Lipinski definition) is 2. The lowest BCUT2D eigenvalue weighted by molar-refractivity contribution is -0.136. The number of rotatable bonds is 4. The van der Waals surface area contributed by atoms with Gasteiger partial charge in [-0.25, -0.2) is 8.78 Å². The van der Waals surface area contributed by atoms with E-state index in [2.05, 4.69) is 5.32 Å². The van der Waals surface area contributed by atoms with Crippen molar-refractivity contribution >= 4 is 11.6 Å². The summed E-state index contributed by atoms with van der Waals surface area (Å²) in [6, 6.07) is 6.44. The highest BCUT2D eigenvalue weighted by molar-refractivity contribution is 5.87. The number of nitrogens with one attached hydrogen (secondary N) is 2. The van der Waals surface area contributed by atoms with Crippen molar-refractivity contribution in [1.82, 2.24) is 5.32 Å². The molecule has 2 N–H and O–H groups in total.